The number of fused-ring (bicyclic) bond motifs is 1. The average Bonchev–Trinajstić information content (AvgIpc) is 3.03. The number of non-ortho nitro benzene ring substituents is 1. The SMILES string of the molecule is O=C(CN1C(=O)c2ccc([N+](=O)[O-])cc2C1=O)N1CCN(C(=O)c2cnccn2)CC1. The third-order valence-electron chi connectivity index (χ3n) is 5.16. The zero-order valence-electron chi connectivity index (χ0n) is 16.1. The number of aromatic nitrogens is 2. The van der Waals surface area contributed by atoms with Crippen LogP contribution >= 0.6 is 0 Å². The topological polar surface area (TPSA) is 147 Å². The molecule has 0 atom stereocenters. The second-order valence-corrected chi connectivity index (χ2v) is 6.95. The van der Waals surface area contributed by atoms with Gasteiger partial charge in [-0.1, -0.05) is 0 Å². The van der Waals surface area contributed by atoms with E-state index < -0.39 is 29.2 Å². The van der Waals surface area contributed by atoms with Gasteiger partial charge in [-0.2, -0.15) is 0 Å². The van der Waals surface area contributed by atoms with Crippen LogP contribution in [0.1, 0.15) is 31.2 Å². The van der Waals surface area contributed by atoms with E-state index in [9.17, 15) is 29.3 Å². The fourth-order valence-corrected chi connectivity index (χ4v) is 3.50. The summed E-state index contributed by atoms with van der Waals surface area (Å²) in [7, 11) is 0. The summed E-state index contributed by atoms with van der Waals surface area (Å²) < 4.78 is 0. The number of nitro groups is 1. The van der Waals surface area contributed by atoms with Crippen LogP contribution in [-0.4, -0.2) is 85.9 Å². The Hall–Kier alpha value is -4.22. The largest absolute Gasteiger partial charge is 0.338 e. The minimum atomic E-state index is -0.742. The van der Waals surface area contributed by atoms with Crippen LogP contribution < -0.4 is 0 Å². The molecule has 1 aromatic heterocycles. The second kappa shape index (κ2) is 7.89. The van der Waals surface area contributed by atoms with Crippen molar-refractivity contribution in [1.29, 1.82) is 0 Å². The molecule has 0 unspecified atom stereocenters. The quantitative estimate of drug-likeness (QED) is 0.377. The smallest absolute Gasteiger partial charge is 0.274 e. The molecule has 0 bridgehead atoms. The van der Waals surface area contributed by atoms with E-state index in [1.165, 1.54) is 29.6 Å². The van der Waals surface area contributed by atoms with Crippen LogP contribution in [-0.2, 0) is 4.79 Å². The summed E-state index contributed by atoms with van der Waals surface area (Å²) in [5, 5.41) is 10.9. The molecule has 1 fully saturated rings. The zero-order chi connectivity index (χ0) is 22.1. The molecule has 12 nitrogen and oxygen atoms in total. The van der Waals surface area contributed by atoms with Gasteiger partial charge in [-0.3, -0.25) is 39.2 Å². The number of nitrogens with zero attached hydrogens (tertiary/aromatic N) is 6. The molecule has 2 aliphatic rings. The Morgan fingerprint density at radius 2 is 1.68 bits per heavy atom. The predicted octanol–water partition coefficient (Wildman–Crippen LogP) is -0.0346. The summed E-state index contributed by atoms with van der Waals surface area (Å²) in [6, 6.07) is 3.40. The lowest BCUT2D eigenvalue weighted by atomic mass is 10.1. The van der Waals surface area contributed by atoms with E-state index in [4.69, 9.17) is 0 Å². The molecule has 0 aliphatic carbocycles. The van der Waals surface area contributed by atoms with Crippen molar-refractivity contribution < 1.29 is 24.1 Å². The van der Waals surface area contributed by atoms with E-state index in [2.05, 4.69) is 9.97 Å². The maximum atomic E-state index is 12.7. The highest BCUT2D eigenvalue weighted by Gasteiger charge is 2.39. The lowest BCUT2D eigenvalue weighted by molar-refractivity contribution is -0.384. The highest BCUT2D eigenvalue weighted by Crippen LogP contribution is 2.26. The Kier molecular flexibility index (Phi) is 5.11. The maximum absolute atomic E-state index is 12.7. The highest BCUT2D eigenvalue weighted by molar-refractivity contribution is 6.22. The molecule has 3 heterocycles. The Morgan fingerprint density at radius 3 is 2.32 bits per heavy atom. The predicted molar refractivity (Wildman–Crippen MR) is 103 cm³/mol. The first-order chi connectivity index (χ1) is 14.9. The molecule has 1 aromatic carbocycles. The van der Waals surface area contributed by atoms with Gasteiger partial charge < -0.3 is 9.80 Å². The fraction of sp³-hybridized carbons (Fsp3) is 0.263. The second-order valence-electron chi connectivity index (χ2n) is 6.95. The van der Waals surface area contributed by atoms with Crippen LogP contribution in [0.2, 0.25) is 0 Å². The molecule has 158 valence electrons. The number of hydrogen-bond donors (Lipinski definition) is 0. The molecular weight excluding hydrogens is 408 g/mol. The molecule has 1 saturated heterocycles. The van der Waals surface area contributed by atoms with Crippen molar-refractivity contribution in [2.45, 2.75) is 0 Å². The van der Waals surface area contributed by atoms with Gasteiger partial charge in [0.25, 0.3) is 23.4 Å². The first-order valence-corrected chi connectivity index (χ1v) is 9.34. The molecule has 4 amide bonds. The normalized spacial score (nSPS) is 15.8. The first kappa shape index (κ1) is 20.1. The van der Waals surface area contributed by atoms with E-state index in [1.807, 2.05) is 0 Å². The molecule has 0 spiro atoms. The summed E-state index contributed by atoms with van der Waals surface area (Å²) in [6.07, 6.45) is 4.25. The molecule has 0 radical (unpaired) electrons. The summed E-state index contributed by atoms with van der Waals surface area (Å²) in [5.41, 5.74) is -0.159. The number of rotatable bonds is 4. The molecule has 12 heteroatoms. The highest BCUT2D eigenvalue weighted by atomic mass is 16.6. The van der Waals surface area contributed by atoms with E-state index in [0.29, 0.717) is 0 Å². The number of imide groups is 1. The van der Waals surface area contributed by atoms with Gasteiger partial charge in [0.2, 0.25) is 5.91 Å². The van der Waals surface area contributed by atoms with Gasteiger partial charge in [0.1, 0.15) is 12.2 Å². The molecule has 0 saturated carbocycles. The van der Waals surface area contributed by atoms with Crippen LogP contribution in [0.15, 0.2) is 36.8 Å². The number of nitro benzene ring substituents is 1. The van der Waals surface area contributed by atoms with E-state index in [-0.39, 0.29) is 54.6 Å². The third-order valence-corrected chi connectivity index (χ3v) is 5.16. The number of piperazine rings is 1. The molecular formula is C19H16N6O6. The van der Waals surface area contributed by atoms with Crippen LogP contribution in [0.4, 0.5) is 5.69 Å². The summed E-state index contributed by atoms with van der Waals surface area (Å²) in [4.78, 5) is 72.0. The molecule has 2 aromatic rings. The number of hydrogen-bond acceptors (Lipinski definition) is 8. The monoisotopic (exact) mass is 424 g/mol. The van der Waals surface area contributed by atoms with Gasteiger partial charge in [-0.25, -0.2) is 4.98 Å². The Labute approximate surface area is 175 Å². The van der Waals surface area contributed by atoms with Gasteiger partial charge in [0.15, 0.2) is 0 Å². The Balaban J connectivity index is 1.38. The summed E-state index contributed by atoms with van der Waals surface area (Å²) in [5.74, 6) is -2.15. The van der Waals surface area contributed by atoms with Crippen LogP contribution in [0, 0.1) is 10.1 Å². The Morgan fingerprint density at radius 1 is 1.00 bits per heavy atom. The van der Waals surface area contributed by atoms with Crippen molar-refractivity contribution in [3.8, 4) is 0 Å². The minimum Gasteiger partial charge on any atom is -0.338 e. The van der Waals surface area contributed by atoms with Crippen molar-refractivity contribution in [2.75, 3.05) is 32.7 Å². The zero-order valence-corrected chi connectivity index (χ0v) is 16.1. The van der Waals surface area contributed by atoms with E-state index in [1.54, 1.807) is 4.90 Å². The van der Waals surface area contributed by atoms with Crippen molar-refractivity contribution >= 4 is 29.3 Å². The van der Waals surface area contributed by atoms with E-state index in [0.717, 1.165) is 17.0 Å². The van der Waals surface area contributed by atoms with Crippen molar-refractivity contribution in [3.05, 3.63) is 63.7 Å². The minimum absolute atomic E-state index is 0.0304. The van der Waals surface area contributed by atoms with Crippen LogP contribution in [0.3, 0.4) is 0 Å². The van der Waals surface area contributed by atoms with E-state index >= 15 is 0 Å². The van der Waals surface area contributed by atoms with Gasteiger partial charge in [0, 0.05) is 50.7 Å². The van der Waals surface area contributed by atoms with Crippen molar-refractivity contribution in [3.63, 3.8) is 0 Å². The van der Waals surface area contributed by atoms with Crippen LogP contribution in [0.5, 0.6) is 0 Å². The van der Waals surface area contributed by atoms with Gasteiger partial charge in [-0.15, -0.1) is 0 Å². The van der Waals surface area contributed by atoms with Crippen LogP contribution in [0.25, 0.3) is 0 Å². The van der Waals surface area contributed by atoms with Crippen molar-refractivity contribution in [1.82, 2.24) is 24.7 Å². The third kappa shape index (κ3) is 3.70. The lowest BCUT2D eigenvalue weighted by Gasteiger charge is -2.35. The van der Waals surface area contributed by atoms with Gasteiger partial charge >= 0.3 is 0 Å². The maximum Gasteiger partial charge on any atom is 0.274 e. The fourth-order valence-electron chi connectivity index (χ4n) is 3.50. The Bertz CT molecular complexity index is 1100. The lowest BCUT2D eigenvalue weighted by Crippen LogP contribution is -2.53. The number of carbonyl (C=O) groups is 4. The molecule has 31 heavy (non-hydrogen) atoms. The summed E-state index contributed by atoms with van der Waals surface area (Å²) >= 11 is 0. The molecule has 0 N–H and O–H groups in total. The van der Waals surface area contributed by atoms with Gasteiger partial charge in [0.05, 0.1) is 22.2 Å². The number of benzene rings is 1. The van der Waals surface area contributed by atoms with Gasteiger partial charge in [-0.05, 0) is 6.07 Å². The standard InChI is InChI=1S/C19H16N6O6/c26-16(22-5-7-23(8-6-22)19(29)15-10-20-3-4-21-15)11-24-17(27)13-2-1-12(25(30)31)9-14(13)18(24)28/h1-4,9-10H,5-8,11H2. The first-order valence-electron chi connectivity index (χ1n) is 9.34. The molecule has 4 rings (SSSR count). The number of amides is 4. The molecule has 2 aliphatic heterocycles. The summed E-state index contributed by atoms with van der Waals surface area (Å²) in [6.45, 7) is 0.544. The number of carbonyl (C=O) groups excluding carboxylic acids is 4. The van der Waals surface area contributed by atoms with Crippen molar-refractivity contribution in [2.24, 2.45) is 0 Å². The average molecular weight is 424 g/mol.